The van der Waals surface area contributed by atoms with Gasteiger partial charge < -0.3 is 20.6 Å². The summed E-state index contributed by atoms with van der Waals surface area (Å²) in [4.78, 5) is 4.29. The van der Waals surface area contributed by atoms with Crippen LogP contribution in [0.3, 0.4) is 0 Å². The highest BCUT2D eigenvalue weighted by molar-refractivity contribution is 5.19. The fraction of sp³-hybridized carbons (Fsp3) is 0.636. The zero-order valence-electron chi connectivity index (χ0n) is 9.13. The first kappa shape index (κ1) is 10.5. The number of aliphatic hydroxyl groups excluding tert-OH is 1. The van der Waals surface area contributed by atoms with Gasteiger partial charge >= 0.3 is 0 Å². The highest BCUT2D eigenvalue weighted by Gasteiger charge is 2.27. The number of hydrogen-bond donors (Lipinski definition) is 2. The van der Waals surface area contributed by atoms with E-state index >= 15 is 0 Å². The van der Waals surface area contributed by atoms with Crippen LogP contribution in [-0.2, 0) is 0 Å². The van der Waals surface area contributed by atoms with E-state index in [1.165, 1.54) is 0 Å². The molecule has 0 aromatic heterocycles. The maximum absolute atomic E-state index is 9.92. The molecule has 2 heterocycles. The number of hydrogen-bond acceptors (Lipinski definition) is 4. The molecule has 2 rings (SSSR count). The van der Waals surface area contributed by atoms with Gasteiger partial charge in [0, 0.05) is 12.2 Å². The summed E-state index contributed by atoms with van der Waals surface area (Å²) in [6.45, 7) is 2.18. The summed E-state index contributed by atoms with van der Waals surface area (Å²) in [6, 6.07) is 0.416. The summed E-state index contributed by atoms with van der Waals surface area (Å²) in [5, 5.41) is 9.92. The maximum atomic E-state index is 9.92. The summed E-state index contributed by atoms with van der Waals surface area (Å²) in [5.74, 6) is 0. The zero-order chi connectivity index (χ0) is 10.8. The van der Waals surface area contributed by atoms with Crippen molar-refractivity contribution in [1.82, 2.24) is 9.80 Å². The molecule has 1 atom stereocenters. The number of nitrogens with zero attached hydrogens (tertiary/aromatic N) is 2. The minimum absolute atomic E-state index is 0.416. The van der Waals surface area contributed by atoms with Crippen LogP contribution in [0.2, 0.25) is 0 Å². The zero-order valence-corrected chi connectivity index (χ0v) is 9.13. The van der Waals surface area contributed by atoms with Gasteiger partial charge in [-0.2, -0.15) is 0 Å². The predicted molar refractivity (Wildman–Crippen MR) is 59.8 cm³/mol. The largest absolute Gasteiger partial charge is 0.398 e. The van der Waals surface area contributed by atoms with Crippen LogP contribution in [0, 0.1) is 0 Å². The van der Waals surface area contributed by atoms with Crippen LogP contribution in [0.25, 0.3) is 0 Å². The number of rotatable bonds is 1. The summed E-state index contributed by atoms with van der Waals surface area (Å²) in [7, 11) is 2.13. The molecule has 0 saturated carbocycles. The first-order valence-corrected chi connectivity index (χ1v) is 5.46. The molecule has 1 fully saturated rings. The molecule has 3 N–H and O–H groups in total. The van der Waals surface area contributed by atoms with E-state index in [-0.39, 0.29) is 0 Å². The molecule has 84 valence electrons. The molecule has 0 aromatic rings. The molecule has 1 unspecified atom stereocenters. The van der Waals surface area contributed by atoms with Crippen molar-refractivity contribution in [2.75, 3.05) is 20.1 Å². The Morgan fingerprint density at radius 1 is 1.40 bits per heavy atom. The first-order chi connectivity index (χ1) is 7.18. The molecule has 4 nitrogen and oxygen atoms in total. The Hall–Kier alpha value is -1.00. The summed E-state index contributed by atoms with van der Waals surface area (Å²) < 4.78 is 0. The van der Waals surface area contributed by atoms with Gasteiger partial charge in [-0.05, 0) is 45.1 Å². The molecule has 0 bridgehead atoms. The van der Waals surface area contributed by atoms with E-state index in [0.29, 0.717) is 11.7 Å². The molecule has 1 saturated heterocycles. The van der Waals surface area contributed by atoms with E-state index in [9.17, 15) is 5.11 Å². The Labute approximate surface area is 90.7 Å². The smallest absolute Gasteiger partial charge is 0.167 e. The highest BCUT2D eigenvalue weighted by atomic mass is 16.3. The highest BCUT2D eigenvalue weighted by Crippen LogP contribution is 2.21. The van der Waals surface area contributed by atoms with Crippen LogP contribution >= 0.6 is 0 Å². The Morgan fingerprint density at radius 3 is 2.73 bits per heavy atom. The van der Waals surface area contributed by atoms with E-state index in [4.69, 9.17) is 5.73 Å². The minimum atomic E-state index is -0.636. The molecule has 2 aliphatic rings. The SMILES string of the molecule is CN1CCC(N2C=CC=C(N)C2O)CC1. The molecule has 0 spiro atoms. The molecule has 2 aliphatic heterocycles. The summed E-state index contributed by atoms with van der Waals surface area (Å²) >= 11 is 0. The molecule has 0 radical (unpaired) electrons. The van der Waals surface area contributed by atoms with Crippen molar-refractivity contribution >= 4 is 0 Å². The normalized spacial score (nSPS) is 29.3. The molecular weight excluding hydrogens is 190 g/mol. The topological polar surface area (TPSA) is 52.7 Å². The van der Waals surface area contributed by atoms with Crippen LogP contribution in [0.1, 0.15) is 12.8 Å². The van der Waals surface area contributed by atoms with Crippen LogP contribution in [0.15, 0.2) is 24.0 Å². The summed E-state index contributed by atoms with van der Waals surface area (Å²) in [5.41, 5.74) is 6.25. The lowest BCUT2D eigenvalue weighted by atomic mass is 10.0. The standard InChI is InChI=1S/C11H19N3O/c1-13-7-4-9(5-8-13)14-6-2-3-10(12)11(14)15/h2-3,6,9,11,15H,4-5,7-8,12H2,1H3. The lowest BCUT2D eigenvalue weighted by Crippen LogP contribution is -2.48. The second-order valence-electron chi connectivity index (χ2n) is 4.36. The van der Waals surface area contributed by atoms with Gasteiger partial charge in [0.05, 0.1) is 5.70 Å². The van der Waals surface area contributed by atoms with Gasteiger partial charge in [-0.1, -0.05) is 0 Å². The van der Waals surface area contributed by atoms with Crippen LogP contribution in [0.5, 0.6) is 0 Å². The van der Waals surface area contributed by atoms with Crippen molar-refractivity contribution in [2.45, 2.75) is 25.1 Å². The number of aliphatic hydroxyl groups is 1. The van der Waals surface area contributed by atoms with Gasteiger partial charge in [-0.3, -0.25) is 0 Å². The molecule has 0 aromatic carbocycles. The lowest BCUT2D eigenvalue weighted by Gasteiger charge is -2.40. The van der Waals surface area contributed by atoms with E-state index in [2.05, 4.69) is 11.9 Å². The number of piperidine rings is 1. The monoisotopic (exact) mass is 209 g/mol. The fourth-order valence-electron chi connectivity index (χ4n) is 2.21. The van der Waals surface area contributed by atoms with Crippen molar-refractivity contribution in [1.29, 1.82) is 0 Å². The van der Waals surface area contributed by atoms with E-state index < -0.39 is 6.23 Å². The Balaban J connectivity index is 2.00. The van der Waals surface area contributed by atoms with Crippen molar-refractivity contribution < 1.29 is 5.11 Å². The average molecular weight is 209 g/mol. The number of likely N-dealkylation sites (tertiary alicyclic amines) is 1. The summed E-state index contributed by atoms with van der Waals surface area (Å²) in [6.07, 6.45) is 7.15. The van der Waals surface area contributed by atoms with Gasteiger partial charge in [0.2, 0.25) is 0 Å². The third-order valence-corrected chi connectivity index (χ3v) is 3.24. The van der Waals surface area contributed by atoms with Crippen LogP contribution in [-0.4, -0.2) is 47.3 Å². The van der Waals surface area contributed by atoms with E-state index in [0.717, 1.165) is 25.9 Å². The Morgan fingerprint density at radius 2 is 2.07 bits per heavy atom. The van der Waals surface area contributed by atoms with Crippen LogP contribution in [0.4, 0.5) is 0 Å². The predicted octanol–water partition coefficient (Wildman–Crippen LogP) is 0.0709. The molecule has 15 heavy (non-hydrogen) atoms. The minimum Gasteiger partial charge on any atom is -0.398 e. The van der Waals surface area contributed by atoms with Gasteiger partial charge in [0.1, 0.15) is 0 Å². The van der Waals surface area contributed by atoms with Crippen molar-refractivity contribution in [2.24, 2.45) is 5.73 Å². The second-order valence-corrected chi connectivity index (χ2v) is 4.36. The van der Waals surface area contributed by atoms with Gasteiger partial charge in [0.15, 0.2) is 6.23 Å². The van der Waals surface area contributed by atoms with Crippen molar-refractivity contribution in [3.05, 3.63) is 24.0 Å². The second kappa shape index (κ2) is 4.24. The molecule has 4 heteroatoms. The Bertz CT molecular complexity index is 280. The van der Waals surface area contributed by atoms with Crippen molar-refractivity contribution in [3.63, 3.8) is 0 Å². The molecule has 0 aliphatic carbocycles. The average Bonchev–Trinajstić information content (AvgIpc) is 2.24. The van der Waals surface area contributed by atoms with E-state index in [1.54, 1.807) is 6.08 Å². The van der Waals surface area contributed by atoms with E-state index in [1.807, 2.05) is 17.2 Å². The fourth-order valence-corrected chi connectivity index (χ4v) is 2.21. The number of nitrogens with two attached hydrogens (primary N) is 1. The lowest BCUT2D eigenvalue weighted by molar-refractivity contribution is 0.0164. The van der Waals surface area contributed by atoms with Gasteiger partial charge in [-0.15, -0.1) is 0 Å². The van der Waals surface area contributed by atoms with Gasteiger partial charge in [-0.25, -0.2) is 0 Å². The van der Waals surface area contributed by atoms with Crippen LogP contribution < -0.4 is 5.73 Å². The van der Waals surface area contributed by atoms with Gasteiger partial charge in [0.25, 0.3) is 0 Å². The Kier molecular flexibility index (Phi) is 2.98. The first-order valence-electron chi connectivity index (χ1n) is 5.46. The molecular formula is C11H19N3O. The third-order valence-electron chi connectivity index (χ3n) is 3.24. The number of allylic oxidation sites excluding steroid dienone is 2. The quantitative estimate of drug-likeness (QED) is 0.642. The third kappa shape index (κ3) is 2.16. The molecule has 0 amide bonds. The maximum Gasteiger partial charge on any atom is 0.167 e. The van der Waals surface area contributed by atoms with Crippen molar-refractivity contribution in [3.8, 4) is 0 Å².